The first kappa shape index (κ1) is 24.5. The number of nitrogens with zero attached hydrogens (tertiary/aromatic N) is 2. The van der Waals surface area contributed by atoms with Crippen LogP contribution in [0.25, 0.3) is 0 Å². The van der Waals surface area contributed by atoms with Gasteiger partial charge in [0, 0.05) is 50.5 Å². The van der Waals surface area contributed by atoms with E-state index in [1.807, 2.05) is 4.90 Å². The Morgan fingerprint density at radius 2 is 1.78 bits per heavy atom. The molecule has 0 amide bonds. The number of alkyl halides is 6. The van der Waals surface area contributed by atoms with Crippen molar-refractivity contribution in [2.75, 3.05) is 50.8 Å². The Hall–Kier alpha value is -2.12. The van der Waals surface area contributed by atoms with Crippen LogP contribution in [0.1, 0.15) is 5.56 Å². The molecule has 32 heavy (non-hydrogen) atoms. The van der Waals surface area contributed by atoms with Gasteiger partial charge in [-0.25, -0.2) is 4.39 Å². The number of ether oxygens (including phenoxy) is 2. The monoisotopic (exact) mass is 473 g/mol. The van der Waals surface area contributed by atoms with E-state index in [0.29, 0.717) is 38.5 Å². The summed E-state index contributed by atoms with van der Waals surface area (Å²) in [5, 5.41) is 2.73. The number of esters is 1. The number of benzene rings is 1. The Balaban J connectivity index is 1.72. The van der Waals surface area contributed by atoms with E-state index in [2.05, 4.69) is 10.1 Å². The Morgan fingerprint density at radius 1 is 1.12 bits per heavy atom. The largest absolute Gasteiger partial charge is 0.442 e. The number of nitrogens with one attached hydrogen (secondary N) is 1. The number of hydrogen-bond donors (Lipinski definition) is 1. The maximum atomic E-state index is 14.7. The quantitative estimate of drug-likeness (QED) is 0.524. The predicted molar refractivity (Wildman–Crippen MR) is 98.5 cm³/mol. The van der Waals surface area contributed by atoms with E-state index < -0.39 is 36.3 Å². The Bertz CT molecular complexity index is 783. The van der Waals surface area contributed by atoms with Gasteiger partial charge in [-0.3, -0.25) is 9.69 Å². The van der Waals surface area contributed by atoms with Crippen molar-refractivity contribution in [1.82, 2.24) is 10.2 Å². The second-order valence-corrected chi connectivity index (χ2v) is 7.47. The SMILES string of the molecule is O=C(OC(C(F)(F)F)C(F)(F)F)C1CNCCN1Cc1ccc(N2CCOCC2)cc1F. The molecule has 2 fully saturated rings. The topological polar surface area (TPSA) is 54.0 Å². The van der Waals surface area contributed by atoms with Crippen molar-refractivity contribution in [3.05, 3.63) is 29.6 Å². The molecule has 2 saturated heterocycles. The molecular weight excluding hydrogens is 451 g/mol. The molecule has 0 radical (unpaired) electrons. The number of morpholine rings is 1. The van der Waals surface area contributed by atoms with Crippen LogP contribution in [0.15, 0.2) is 18.2 Å². The van der Waals surface area contributed by atoms with Crippen LogP contribution in [0.2, 0.25) is 0 Å². The highest BCUT2D eigenvalue weighted by Gasteiger charge is 2.60. The number of halogens is 7. The van der Waals surface area contributed by atoms with Gasteiger partial charge >= 0.3 is 18.3 Å². The molecule has 2 aliphatic heterocycles. The zero-order valence-corrected chi connectivity index (χ0v) is 16.8. The van der Waals surface area contributed by atoms with E-state index in [0.717, 1.165) is 0 Å². The molecule has 0 saturated carbocycles. The molecule has 0 aliphatic carbocycles. The van der Waals surface area contributed by atoms with Gasteiger partial charge in [0.1, 0.15) is 11.9 Å². The number of carbonyl (C=O) groups excluding carboxylic acids is 1. The molecule has 180 valence electrons. The summed E-state index contributed by atoms with van der Waals surface area (Å²) in [6.07, 6.45) is -15.8. The summed E-state index contributed by atoms with van der Waals surface area (Å²) in [4.78, 5) is 15.5. The highest BCUT2D eigenvalue weighted by atomic mass is 19.4. The number of anilines is 1. The molecule has 0 aromatic heterocycles. The zero-order chi connectivity index (χ0) is 23.5. The summed E-state index contributed by atoms with van der Waals surface area (Å²) in [6, 6.07) is 3.02. The summed E-state index contributed by atoms with van der Waals surface area (Å²) in [6.45, 7) is 2.20. The molecule has 1 aromatic rings. The molecule has 2 aliphatic rings. The third-order valence-electron chi connectivity index (χ3n) is 5.24. The highest BCUT2D eigenvalue weighted by molar-refractivity contribution is 5.76. The van der Waals surface area contributed by atoms with E-state index in [1.165, 1.54) is 17.0 Å². The second-order valence-electron chi connectivity index (χ2n) is 7.47. The third-order valence-corrected chi connectivity index (χ3v) is 5.24. The lowest BCUT2D eigenvalue weighted by atomic mass is 10.1. The summed E-state index contributed by atoms with van der Waals surface area (Å²) >= 11 is 0. The second kappa shape index (κ2) is 9.79. The Labute approximate surface area is 179 Å². The minimum absolute atomic E-state index is 0.104. The zero-order valence-electron chi connectivity index (χ0n) is 16.8. The van der Waals surface area contributed by atoms with Crippen molar-refractivity contribution in [2.45, 2.75) is 31.0 Å². The number of piperazine rings is 1. The lowest BCUT2D eigenvalue weighted by Crippen LogP contribution is -2.57. The minimum Gasteiger partial charge on any atom is -0.442 e. The number of hydrogen-bond acceptors (Lipinski definition) is 6. The highest BCUT2D eigenvalue weighted by Crippen LogP contribution is 2.36. The van der Waals surface area contributed by atoms with Crippen LogP contribution in [0, 0.1) is 5.82 Å². The molecular formula is C19H22F7N3O3. The van der Waals surface area contributed by atoms with Crippen LogP contribution in [-0.2, 0) is 20.8 Å². The van der Waals surface area contributed by atoms with Crippen molar-refractivity contribution in [3.63, 3.8) is 0 Å². The van der Waals surface area contributed by atoms with Crippen molar-refractivity contribution in [1.29, 1.82) is 0 Å². The summed E-state index contributed by atoms with van der Waals surface area (Å²) in [7, 11) is 0. The summed E-state index contributed by atoms with van der Waals surface area (Å²) in [5.41, 5.74) is 0.786. The fourth-order valence-corrected chi connectivity index (χ4v) is 3.58. The first-order chi connectivity index (χ1) is 15.0. The van der Waals surface area contributed by atoms with Gasteiger partial charge in [-0.05, 0) is 12.1 Å². The van der Waals surface area contributed by atoms with E-state index in [-0.39, 0.29) is 25.2 Å². The van der Waals surface area contributed by atoms with Crippen LogP contribution in [-0.4, -0.2) is 81.3 Å². The molecule has 6 nitrogen and oxygen atoms in total. The predicted octanol–water partition coefficient (Wildman–Crippen LogP) is 2.47. The fraction of sp³-hybridized carbons (Fsp3) is 0.632. The molecule has 0 spiro atoms. The van der Waals surface area contributed by atoms with Crippen molar-refractivity contribution < 1.29 is 45.0 Å². The van der Waals surface area contributed by atoms with Crippen molar-refractivity contribution in [2.24, 2.45) is 0 Å². The standard InChI is InChI=1S/C19H22F7N3O3/c20-14-9-13(28-5-7-31-8-6-28)2-1-12(14)11-29-4-3-27-10-15(29)16(30)32-17(18(21,22)23)19(24,25)26/h1-2,9,15,17,27H,3-8,10-11H2. The van der Waals surface area contributed by atoms with E-state index in [9.17, 15) is 35.5 Å². The number of rotatable bonds is 5. The average Bonchev–Trinajstić information content (AvgIpc) is 2.72. The van der Waals surface area contributed by atoms with Crippen molar-refractivity contribution in [3.8, 4) is 0 Å². The van der Waals surface area contributed by atoms with Gasteiger partial charge in [-0.1, -0.05) is 6.07 Å². The Morgan fingerprint density at radius 3 is 2.38 bits per heavy atom. The molecule has 1 aromatic carbocycles. The average molecular weight is 473 g/mol. The normalized spacial score (nSPS) is 21.1. The van der Waals surface area contributed by atoms with E-state index >= 15 is 0 Å². The van der Waals surface area contributed by atoms with Gasteiger partial charge in [0.25, 0.3) is 6.10 Å². The molecule has 3 rings (SSSR count). The maximum Gasteiger partial charge on any atom is 0.434 e. The molecule has 13 heteroatoms. The van der Waals surface area contributed by atoms with Crippen LogP contribution < -0.4 is 10.2 Å². The molecule has 1 N–H and O–H groups in total. The van der Waals surface area contributed by atoms with Gasteiger partial charge in [0.2, 0.25) is 0 Å². The molecule has 1 atom stereocenters. The molecule has 0 bridgehead atoms. The van der Waals surface area contributed by atoms with E-state index in [4.69, 9.17) is 4.74 Å². The van der Waals surface area contributed by atoms with Gasteiger partial charge in [0.15, 0.2) is 0 Å². The van der Waals surface area contributed by atoms with Gasteiger partial charge in [-0.2, -0.15) is 26.3 Å². The summed E-state index contributed by atoms with van der Waals surface area (Å²) in [5.74, 6) is -2.27. The first-order valence-corrected chi connectivity index (χ1v) is 9.86. The van der Waals surface area contributed by atoms with Gasteiger partial charge < -0.3 is 19.7 Å². The Kier molecular flexibility index (Phi) is 7.50. The summed E-state index contributed by atoms with van der Waals surface area (Å²) < 4.78 is 100. The lowest BCUT2D eigenvalue weighted by molar-refractivity contribution is -0.314. The maximum absolute atomic E-state index is 14.7. The number of carbonyl (C=O) groups is 1. The molecule has 2 heterocycles. The van der Waals surface area contributed by atoms with Gasteiger partial charge in [-0.15, -0.1) is 0 Å². The minimum atomic E-state index is -5.80. The first-order valence-electron chi connectivity index (χ1n) is 9.86. The lowest BCUT2D eigenvalue weighted by Gasteiger charge is -2.36. The fourth-order valence-electron chi connectivity index (χ4n) is 3.58. The van der Waals surface area contributed by atoms with Crippen LogP contribution in [0.4, 0.5) is 36.4 Å². The van der Waals surface area contributed by atoms with E-state index in [1.54, 1.807) is 6.07 Å². The van der Waals surface area contributed by atoms with Gasteiger partial charge in [0.05, 0.1) is 13.2 Å². The van der Waals surface area contributed by atoms with Crippen LogP contribution >= 0.6 is 0 Å². The third kappa shape index (κ3) is 6.01. The van der Waals surface area contributed by atoms with Crippen LogP contribution in [0.5, 0.6) is 0 Å². The van der Waals surface area contributed by atoms with Crippen LogP contribution in [0.3, 0.4) is 0 Å². The smallest absolute Gasteiger partial charge is 0.434 e. The van der Waals surface area contributed by atoms with Crippen molar-refractivity contribution >= 4 is 11.7 Å². The molecule has 1 unspecified atom stereocenters.